The molecule has 1 saturated heterocycles. The summed E-state index contributed by atoms with van der Waals surface area (Å²) in [5.41, 5.74) is 5.07. The van der Waals surface area contributed by atoms with E-state index in [1.54, 1.807) is 28.7 Å². The maximum Gasteiger partial charge on any atom is 0.310 e. The van der Waals surface area contributed by atoms with Crippen LogP contribution in [0.4, 0.5) is 0 Å². The molecule has 1 unspecified atom stereocenters. The van der Waals surface area contributed by atoms with Gasteiger partial charge in [-0.05, 0) is 37.0 Å². The van der Waals surface area contributed by atoms with E-state index in [0.717, 1.165) is 35.2 Å². The van der Waals surface area contributed by atoms with Crippen molar-refractivity contribution >= 4 is 17.5 Å². The summed E-state index contributed by atoms with van der Waals surface area (Å²) in [4.78, 5) is 31.7. The highest BCUT2D eigenvalue weighted by atomic mass is 16.5. The van der Waals surface area contributed by atoms with E-state index < -0.39 is 0 Å². The molecule has 0 N–H and O–H groups in total. The van der Waals surface area contributed by atoms with Crippen LogP contribution in [0.15, 0.2) is 73.1 Å². The molecule has 0 spiro atoms. The van der Waals surface area contributed by atoms with E-state index in [9.17, 15) is 9.59 Å². The van der Waals surface area contributed by atoms with Crippen molar-refractivity contribution in [2.45, 2.75) is 19.8 Å². The van der Waals surface area contributed by atoms with Crippen molar-refractivity contribution in [1.29, 1.82) is 0 Å². The highest BCUT2D eigenvalue weighted by Gasteiger charge is 2.31. The smallest absolute Gasteiger partial charge is 0.310 e. The van der Waals surface area contributed by atoms with Gasteiger partial charge >= 0.3 is 5.97 Å². The summed E-state index contributed by atoms with van der Waals surface area (Å²) in [5, 5.41) is 4.49. The average Bonchev–Trinajstić information content (AvgIpc) is 3.33. The van der Waals surface area contributed by atoms with Gasteiger partial charge in [0.25, 0.3) is 5.91 Å². The van der Waals surface area contributed by atoms with Gasteiger partial charge in [0.15, 0.2) is 5.65 Å². The number of likely N-dealkylation sites (tertiary alicyclic amines) is 1. The number of ether oxygens (including phenoxy) is 1. The Balaban J connectivity index is 1.41. The normalized spacial score (nSPS) is 15.9. The summed E-state index contributed by atoms with van der Waals surface area (Å²) in [6, 6.07) is 20.4. The number of benzene rings is 2. The molecule has 2 aromatic carbocycles. The van der Waals surface area contributed by atoms with Gasteiger partial charge in [-0.2, -0.15) is 5.10 Å². The second-order valence-corrected chi connectivity index (χ2v) is 8.41. The minimum Gasteiger partial charge on any atom is -0.466 e. The number of piperidine rings is 1. The van der Waals surface area contributed by atoms with E-state index in [1.807, 2.05) is 24.3 Å². The molecule has 1 fully saturated rings. The largest absolute Gasteiger partial charge is 0.466 e. The maximum absolute atomic E-state index is 13.3. The fourth-order valence-corrected chi connectivity index (χ4v) is 4.51. The second-order valence-electron chi connectivity index (χ2n) is 8.41. The molecule has 34 heavy (non-hydrogen) atoms. The summed E-state index contributed by atoms with van der Waals surface area (Å²) in [5.74, 6) is -0.682. The van der Waals surface area contributed by atoms with Crippen molar-refractivity contribution < 1.29 is 14.3 Å². The molecule has 7 nitrogen and oxygen atoms in total. The number of rotatable bonds is 5. The summed E-state index contributed by atoms with van der Waals surface area (Å²) < 4.78 is 6.87. The van der Waals surface area contributed by atoms with Gasteiger partial charge in [-0.25, -0.2) is 9.50 Å². The highest BCUT2D eigenvalue weighted by molar-refractivity contribution is 6.00. The predicted molar refractivity (Wildman–Crippen MR) is 129 cm³/mol. The molecule has 5 rings (SSSR count). The third-order valence-electron chi connectivity index (χ3n) is 6.25. The zero-order valence-electron chi connectivity index (χ0n) is 19.1. The summed E-state index contributed by atoms with van der Waals surface area (Å²) in [7, 11) is 0. The fraction of sp³-hybridized carbons (Fsp3) is 0.259. The molecule has 1 aliphatic heterocycles. The summed E-state index contributed by atoms with van der Waals surface area (Å²) in [6.07, 6.45) is 4.77. The number of fused-ring (bicyclic) bond motifs is 1. The number of carbonyl (C=O) groups excluding carboxylic acids is 2. The lowest BCUT2D eigenvalue weighted by atomic mass is 9.97. The number of nitrogens with zero attached hydrogens (tertiary/aromatic N) is 4. The van der Waals surface area contributed by atoms with Crippen molar-refractivity contribution in [3.63, 3.8) is 0 Å². The van der Waals surface area contributed by atoms with E-state index in [4.69, 9.17) is 4.74 Å². The Labute approximate surface area is 198 Å². The Morgan fingerprint density at radius 3 is 2.50 bits per heavy atom. The maximum atomic E-state index is 13.3. The highest BCUT2D eigenvalue weighted by Crippen LogP contribution is 2.26. The SMILES string of the molecule is CCOC(=O)C1CCCN(C(=O)c2cnn3c(-c4ccc(-c5ccccc5)cc4)ccnc23)C1. The van der Waals surface area contributed by atoms with E-state index in [0.29, 0.717) is 30.9 Å². The van der Waals surface area contributed by atoms with Gasteiger partial charge < -0.3 is 9.64 Å². The Hall–Kier alpha value is -4.00. The van der Waals surface area contributed by atoms with E-state index >= 15 is 0 Å². The van der Waals surface area contributed by atoms with Crippen LogP contribution >= 0.6 is 0 Å². The first kappa shape index (κ1) is 21.8. The van der Waals surface area contributed by atoms with Crippen molar-refractivity contribution in [2.75, 3.05) is 19.7 Å². The molecular formula is C27H26N4O3. The van der Waals surface area contributed by atoms with Gasteiger partial charge in [0.2, 0.25) is 0 Å². The molecule has 7 heteroatoms. The molecule has 0 aliphatic carbocycles. The Kier molecular flexibility index (Phi) is 6.08. The molecule has 0 radical (unpaired) electrons. The van der Waals surface area contributed by atoms with Crippen LogP contribution in [0.1, 0.15) is 30.1 Å². The number of amides is 1. The van der Waals surface area contributed by atoms with Crippen LogP contribution in [0.25, 0.3) is 28.0 Å². The lowest BCUT2D eigenvalue weighted by Crippen LogP contribution is -2.42. The van der Waals surface area contributed by atoms with Crippen LogP contribution in [0, 0.1) is 5.92 Å². The molecule has 2 aromatic heterocycles. The molecule has 0 bridgehead atoms. The van der Waals surface area contributed by atoms with Gasteiger partial charge in [-0.15, -0.1) is 0 Å². The van der Waals surface area contributed by atoms with Crippen LogP contribution in [-0.4, -0.2) is 51.1 Å². The summed E-state index contributed by atoms with van der Waals surface area (Å²) in [6.45, 7) is 3.10. The zero-order chi connectivity index (χ0) is 23.5. The fourth-order valence-electron chi connectivity index (χ4n) is 4.51. The quantitative estimate of drug-likeness (QED) is 0.416. The Morgan fingerprint density at radius 2 is 1.74 bits per heavy atom. The molecule has 1 amide bonds. The van der Waals surface area contributed by atoms with Gasteiger partial charge in [0, 0.05) is 24.8 Å². The topological polar surface area (TPSA) is 76.8 Å². The third kappa shape index (κ3) is 4.17. The van der Waals surface area contributed by atoms with Crippen molar-refractivity contribution in [2.24, 2.45) is 5.92 Å². The van der Waals surface area contributed by atoms with Crippen molar-refractivity contribution in [3.8, 4) is 22.4 Å². The number of aromatic nitrogens is 3. The summed E-state index contributed by atoms with van der Waals surface area (Å²) >= 11 is 0. The van der Waals surface area contributed by atoms with E-state index in [2.05, 4.69) is 46.5 Å². The van der Waals surface area contributed by atoms with Gasteiger partial charge in [-0.1, -0.05) is 54.6 Å². The van der Waals surface area contributed by atoms with Crippen molar-refractivity contribution in [3.05, 3.63) is 78.6 Å². The number of carbonyl (C=O) groups is 2. The lowest BCUT2D eigenvalue weighted by Gasteiger charge is -2.31. The third-order valence-corrected chi connectivity index (χ3v) is 6.25. The average molecular weight is 455 g/mol. The van der Waals surface area contributed by atoms with Crippen LogP contribution < -0.4 is 0 Å². The second kappa shape index (κ2) is 9.47. The van der Waals surface area contributed by atoms with Gasteiger partial charge in [0.05, 0.1) is 24.4 Å². The van der Waals surface area contributed by atoms with Crippen LogP contribution in [0.2, 0.25) is 0 Å². The molecule has 4 aromatic rings. The number of hydrogen-bond acceptors (Lipinski definition) is 5. The predicted octanol–water partition coefficient (Wildman–Crippen LogP) is 4.48. The zero-order valence-corrected chi connectivity index (χ0v) is 19.1. The minimum absolute atomic E-state index is 0.159. The first-order chi connectivity index (χ1) is 16.7. The first-order valence-corrected chi connectivity index (χ1v) is 11.6. The Bertz CT molecular complexity index is 1310. The van der Waals surface area contributed by atoms with Crippen LogP contribution in [0.5, 0.6) is 0 Å². The van der Waals surface area contributed by atoms with Gasteiger partial charge in [0.1, 0.15) is 5.56 Å². The molecule has 1 aliphatic rings. The molecular weight excluding hydrogens is 428 g/mol. The lowest BCUT2D eigenvalue weighted by molar-refractivity contribution is -0.149. The Morgan fingerprint density at radius 1 is 1.00 bits per heavy atom. The van der Waals surface area contributed by atoms with Gasteiger partial charge in [-0.3, -0.25) is 9.59 Å². The molecule has 0 saturated carbocycles. The first-order valence-electron chi connectivity index (χ1n) is 11.6. The van der Waals surface area contributed by atoms with Crippen molar-refractivity contribution in [1.82, 2.24) is 19.5 Å². The molecule has 3 heterocycles. The standard InChI is InChI=1S/C27H26N4O3/c1-2-34-27(33)22-9-6-16-30(18-22)26(32)23-17-29-31-24(14-15-28-25(23)31)21-12-10-20(11-13-21)19-7-4-3-5-8-19/h3-5,7-8,10-15,17,22H,2,6,9,16,18H2,1H3. The molecule has 172 valence electrons. The van der Waals surface area contributed by atoms with E-state index in [1.165, 1.54) is 0 Å². The van der Waals surface area contributed by atoms with E-state index in [-0.39, 0.29) is 17.8 Å². The number of esters is 1. The molecule has 1 atom stereocenters. The number of hydrogen-bond donors (Lipinski definition) is 0. The van der Waals surface area contributed by atoms with Crippen LogP contribution in [-0.2, 0) is 9.53 Å². The monoisotopic (exact) mass is 454 g/mol. The minimum atomic E-state index is -0.286. The van der Waals surface area contributed by atoms with Crippen LogP contribution in [0.3, 0.4) is 0 Å².